The molecule has 5 nitrogen and oxygen atoms in total. The first-order chi connectivity index (χ1) is 9.58. The molecule has 0 radical (unpaired) electrons. The topological polar surface area (TPSA) is 39.7 Å². The van der Waals surface area contributed by atoms with Crippen molar-refractivity contribution in [2.24, 2.45) is 0 Å². The number of carbonyl (C=O) groups is 1. The highest BCUT2D eigenvalue weighted by Gasteiger charge is 2.23. The average Bonchev–Trinajstić information content (AvgIpc) is 2.45. The molecule has 0 bridgehead atoms. The molecule has 1 aromatic rings. The summed E-state index contributed by atoms with van der Waals surface area (Å²) >= 11 is 6.03. The second-order valence-electron chi connectivity index (χ2n) is 5.29. The van der Waals surface area contributed by atoms with Crippen molar-refractivity contribution in [1.82, 2.24) is 19.7 Å². The quantitative estimate of drug-likeness (QED) is 0.833. The Morgan fingerprint density at radius 3 is 2.65 bits per heavy atom. The van der Waals surface area contributed by atoms with Gasteiger partial charge in [0.15, 0.2) is 0 Å². The van der Waals surface area contributed by atoms with E-state index in [4.69, 9.17) is 11.6 Å². The predicted molar refractivity (Wildman–Crippen MR) is 80.1 cm³/mol. The number of likely N-dealkylation sites (N-methyl/N-ethyl adjacent to an activating group) is 1. The lowest BCUT2D eigenvalue weighted by atomic mass is 10.2. The van der Waals surface area contributed by atoms with Gasteiger partial charge in [-0.25, -0.2) is 0 Å². The number of halogens is 1. The summed E-state index contributed by atoms with van der Waals surface area (Å²) in [4.78, 5) is 22.7. The zero-order chi connectivity index (χ0) is 14.5. The third-order valence-electron chi connectivity index (χ3n) is 3.53. The molecule has 20 heavy (non-hydrogen) atoms. The summed E-state index contributed by atoms with van der Waals surface area (Å²) < 4.78 is 0. The minimum absolute atomic E-state index is 0.00431. The van der Waals surface area contributed by atoms with Gasteiger partial charge < -0.3 is 9.80 Å². The van der Waals surface area contributed by atoms with Gasteiger partial charge in [0.2, 0.25) is 0 Å². The number of hydrogen-bond donors (Lipinski definition) is 0. The molecule has 0 unspecified atom stereocenters. The van der Waals surface area contributed by atoms with E-state index in [0.29, 0.717) is 10.6 Å². The molecule has 2 rings (SSSR count). The Morgan fingerprint density at radius 2 is 2.05 bits per heavy atom. The molecule has 110 valence electrons. The Labute approximate surface area is 125 Å². The fourth-order valence-electron chi connectivity index (χ4n) is 2.23. The fraction of sp³-hybridized carbons (Fsp3) is 0.571. The molecule has 0 N–H and O–H groups in total. The van der Waals surface area contributed by atoms with Gasteiger partial charge in [0, 0.05) is 51.7 Å². The molecule has 2 heterocycles. The number of piperazine rings is 1. The van der Waals surface area contributed by atoms with Crippen LogP contribution in [-0.2, 0) is 0 Å². The molecule has 0 saturated carbocycles. The van der Waals surface area contributed by atoms with Crippen LogP contribution in [0.4, 0.5) is 0 Å². The molecule has 1 aliphatic rings. The van der Waals surface area contributed by atoms with Gasteiger partial charge in [-0.15, -0.1) is 0 Å². The summed E-state index contributed by atoms with van der Waals surface area (Å²) in [7, 11) is 4.15. The molecule has 1 aliphatic heterocycles. The van der Waals surface area contributed by atoms with Crippen LogP contribution in [0.5, 0.6) is 0 Å². The molecular formula is C14H21ClN4O. The van der Waals surface area contributed by atoms with Crippen LogP contribution in [-0.4, -0.2) is 79.0 Å². The summed E-state index contributed by atoms with van der Waals surface area (Å²) in [5.41, 5.74) is 0.545. The summed E-state index contributed by atoms with van der Waals surface area (Å²) in [6.45, 7) is 5.44. The van der Waals surface area contributed by atoms with Crippen LogP contribution in [0.3, 0.4) is 0 Å². The molecule has 0 aliphatic carbocycles. The first-order valence-electron chi connectivity index (χ1n) is 6.84. The van der Waals surface area contributed by atoms with Gasteiger partial charge in [0.25, 0.3) is 5.91 Å². The number of aromatic nitrogens is 1. The number of carbonyl (C=O) groups excluding carboxylic acids is 1. The van der Waals surface area contributed by atoms with E-state index in [1.165, 1.54) is 6.20 Å². The lowest BCUT2D eigenvalue weighted by molar-refractivity contribution is 0.0630. The lowest BCUT2D eigenvalue weighted by Crippen LogP contribution is -2.50. The molecule has 1 amide bonds. The van der Waals surface area contributed by atoms with Crippen LogP contribution in [0, 0.1) is 0 Å². The average molecular weight is 297 g/mol. The highest BCUT2D eigenvalue weighted by Crippen LogP contribution is 2.16. The minimum atomic E-state index is 0.00431. The Bertz CT molecular complexity index is 458. The maximum absolute atomic E-state index is 12.4. The fourth-order valence-corrected chi connectivity index (χ4v) is 2.44. The monoisotopic (exact) mass is 296 g/mol. The third kappa shape index (κ3) is 3.91. The first kappa shape index (κ1) is 15.2. The molecule has 1 fully saturated rings. The van der Waals surface area contributed by atoms with Gasteiger partial charge >= 0.3 is 0 Å². The van der Waals surface area contributed by atoms with Crippen LogP contribution in [0.2, 0.25) is 5.02 Å². The number of nitrogens with zero attached hydrogens (tertiary/aromatic N) is 4. The van der Waals surface area contributed by atoms with E-state index in [1.54, 1.807) is 12.3 Å². The molecule has 1 aromatic heterocycles. The van der Waals surface area contributed by atoms with Crippen molar-refractivity contribution in [1.29, 1.82) is 0 Å². The molecule has 0 aromatic carbocycles. The van der Waals surface area contributed by atoms with Gasteiger partial charge in [-0.05, 0) is 20.2 Å². The zero-order valence-electron chi connectivity index (χ0n) is 12.0. The third-order valence-corrected chi connectivity index (χ3v) is 3.83. The number of pyridine rings is 1. The molecule has 1 saturated heterocycles. The highest BCUT2D eigenvalue weighted by atomic mass is 35.5. The van der Waals surface area contributed by atoms with Crippen LogP contribution in [0.15, 0.2) is 18.5 Å². The van der Waals surface area contributed by atoms with Crippen molar-refractivity contribution in [3.63, 3.8) is 0 Å². The van der Waals surface area contributed by atoms with Crippen LogP contribution < -0.4 is 0 Å². The van der Waals surface area contributed by atoms with Crippen LogP contribution >= 0.6 is 11.6 Å². The van der Waals surface area contributed by atoms with E-state index >= 15 is 0 Å². The number of hydrogen-bond acceptors (Lipinski definition) is 4. The van der Waals surface area contributed by atoms with Crippen molar-refractivity contribution < 1.29 is 4.79 Å². The van der Waals surface area contributed by atoms with Gasteiger partial charge in [-0.3, -0.25) is 14.7 Å². The van der Waals surface area contributed by atoms with Gasteiger partial charge in [-0.1, -0.05) is 11.6 Å². The zero-order valence-corrected chi connectivity index (χ0v) is 12.8. The van der Waals surface area contributed by atoms with Crippen LogP contribution in [0.25, 0.3) is 0 Å². The Morgan fingerprint density at radius 1 is 1.35 bits per heavy atom. The van der Waals surface area contributed by atoms with E-state index in [1.807, 2.05) is 4.90 Å². The molecule has 0 spiro atoms. The smallest absolute Gasteiger partial charge is 0.255 e. The standard InChI is InChI=1S/C14H21ClN4O/c1-17(2)5-6-18-7-9-19(10-8-18)14(20)12-3-4-16-11-13(12)15/h3-4,11H,5-10H2,1-2H3. The van der Waals surface area contributed by atoms with Gasteiger partial charge in [-0.2, -0.15) is 0 Å². The van der Waals surface area contributed by atoms with Crippen LogP contribution in [0.1, 0.15) is 10.4 Å². The van der Waals surface area contributed by atoms with Crippen molar-refractivity contribution in [3.05, 3.63) is 29.0 Å². The molecule has 0 atom stereocenters. The normalized spacial score (nSPS) is 16.7. The Balaban J connectivity index is 1.88. The number of amides is 1. The van der Waals surface area contributed by atoms with E-state index < -0.39 is 0 Å². The van der Waals surface area contributed by atoms with Gasteiger partial charge in [0.05, 0.1) is 10.6 Å². The first-order valence-corrected chi connectivity index (χ1v) is 7.21. The number of rotatable bonds is 4. The second-order valence-corrected chi connectivity index (χ2v) is 5.70. The molecular weight excluding hydrogens is 276 g/mol. The lowest BCUT2D eigenvalue weighted by Gasteiger charge is -2.35. The van der Waals surface area contributed by atoms with Crippen molar-refractivity contribution in [3.8, 4) is 0 Å². The second kappa shape index (κ2) is 7.02. The van der Waals surface area contributed by atoms with Crippen molar-refractivity contribution in [2.45, 2.75) is 0 Å². The summed E-state index contributed by atoms with van der Waals surface area (Å²) in [6, 6.07) is 1.68. The maximum Gasteiger partial charge on any atom is 0.255 e. The highest BCUT2D eigenvalue weighted by molar-refractivity contribution is 6.33. The van der Waals surface area contributed by atoms with E-state index in [-0.39, 0.29) is 5.91 Å². The van der Waals surface area contributed by atoms with Gasteiger partial charge in [0.1, 0.15) is 0 Å². The SMILES string of the molecule is CN(C)CCN1CCN(C(=O)c2ccncc2Cl)CC1. The largest absolute Gasteiger partial charge is 0.336 e. The predicted octanol–water partition coefficient (Wildman–Crippen LogP) is 1.05. The summed E-state index contributed by atoms with van der Waals surface area (Å²) in [6.07, 6.45) is 3.12. The Hall–Kier alpha value is -1.17. The van der Waals surface area contributed by atoms with E-state index in [2.05, 4.69) is 28.9 Å². The summed E-state index contributed by atoms with van der Waals surface area (Å²) in [5.74, 6) is 0.00431. The molecule has 6 heteroatoms. The van der Waals surface area contributed by atoms with Crippen molar-refractivity contribution in [2.75, 3.05) is 53.4 Å². The minimum Gasteiger partial charge on any atom is -0.336 e. The van der Waals surface area contributed by atoms with E-state index in [0.717, 1.165) is 39.3 Å². The summed E-state index contributed by atoms with van der Waals surface area (Å²) in [5, 5.41) is 0.424. The maximum atomic E-state index is 12.4. The van der Waals surface area contributed by atoms with Crippen molar-refractivity contribution >= 4 is 17.5 Å². The van der Waals surface area contributed by atoms with E-state index in [9.17, 15) is 4.79 Å². The Kier molecular flexibility index (Phi) is 5.34.